The standard InChI is InChI=1S/C18H17BrN2O2S/c19-14-1-3-15(4-2-14)21-11-13(9-17(21)22)18(23)20-7-5-16-12(10-20)6-8-24-16/h1-4,6,8,13H,5,7,9-11H2. The molecular formula is C18H17BrN2O2S. The highest BCUT2D eigenvalue weighted by atomic mass is 79.9. The van der Waals surface area contributed by atoms with Crippen LogP contribution in [0.1, 0.15) is 16.9 Å². The van der Waals surface area contributed by atoms with E-state index in [0.29, 0.717) is 19.5 Å². The zero-order valence-electron chi connectivity index (χ0n) is 13.1. The van der Waals surface area contributed by atoms with Crippen LogP contribution in [-0.2, 0) is 22.6 Å². The summed E-state index contributed by atoms with van der Waals surface area (Å²) in [6, 6.07) is 9.76. The maximum atomic E-state index is 12.9. The molecule has 4 rings (SSSR count). The first-order valence-electron chi connectivity index (χ1n) is 8.02. The largest absolute Gasteiger partial charge is 0.338 e. The molecule has 1 atom stereocenters. The zero-order chi connectivity index (χ0) is 16.7. The van der Waals surface area contributed by atoms with Gasteiger partial charge >= 0.3 is 0 Å². The van der Waals surface area contributed by atoms with Gasteiger partial charge in [0.05, 0.1) is 5.92 Å². The summed E-state index contributed by atoms with van der Waals surface area (Å²) in [7, 11) is 0. The molecule has 4 nitrogen and oxygen atoms in total. The van der Waals surface area contributed by atoms with Crippen molar-refractivity contribution in [2.75, 3.05) is 18.0 Å². The first-order chi connectivity index (χ1) is 11.6. The molecule has 1 saturated heterocycles. The minimum atomic E-state index is -0.235. The number of thiophene rings is 1. The molecule has 2 aliphatic rings. The summed E-state index contributed by atoms with van der Waals surface area (Å²) in [6.07, 6.45) is 1.23. The van der Waals surface area contributed by atoms with Crippen LogP contribution < -0.4 is 4.90 Å². The van der Waals surface area contributed by atoms with E-state index in [2.05, 4.69) is 27.4 Å². The molecule has 0 bridgehead atoms. The number of hydrogen-bond acceptors (Lipinski definition) is 3. The van der Waals surface area contributed by atoms with Crippen molar-refractivity contribution in [3.05, 3.63) is 50.6 Å². The van der Waals surface area contributed by atoms with Gasteiger partial charge in [0.2, 0.25) is 11.8 Å². The lowest BCUT2D eigenvalue weighted by molar-refractivity contribution is -0.136. The molecule has 124 valence electrons. The molecule has 1 fully saturated rings. The molecular weight excluding hydrogens is 388 g/mol. The Kier molecular flexibility index (Phi) is 4.18. The minimum Gasteiger partial charge on any atom is -0.338 e. The summed E-state index contributed by atoms with van der Waals surface area (Å²) in [6.45, 7) is 1.92. The van der Waals surface area contributed by atoms with Crippen LogP contribution in [0.5, 0.6) is 0 Å². The Morgan fingerprint density at radius 2 is 2.00 bits per heavy atom. The molecule has 0 aliphatic carbocycles. The number of carbonyl (C=O) groups is 2. The lowest BCUT2D eigenvalue weighted by atomic mass is 10.0. The third kappa shape index (κ3) is 2.89. The van der Waals surface area contributed by atoms with Gasteiger partial charge in [0.25, 0.3) is 0 Å². The molecule has 2 aliphatic heterocycles. The third-order valence-electron chi connectivity index (χ3n) is 4.73. The Hall–Kier alpha value is -1.66. The van der Waals surface area contributed by atoms with E-state index in [9.17, 15) is 9.59 Å². The summed E-state index contributed by atoms with van der Waals surface area (Å²) < 4.78 is 0.977. The average molecular weight is 405 g/mol. The Morgan fingerprint density at radius 3 is 2.79 bits per heavy atom. The van der Waals surface area contributed by atoms with Crippen molar-refractivity contribution in [2.24, 2.45) is 5.92 Å². The molecule has 3 heterocycles. The summed E-state index contributed by atoms with van der Waals surface area (Å²) >= 11 is 5.17. The number of hydrogen-bond donors (Lipinski definition) is 0. The van der Waals surface area contributed by atoms with E-state index in [1.165, 1.54) is 10.4 Å². The predicted octanol–water partition coefficient (Wildman–Crippen LogP) is 3.45. The van der Waals surface area contributed by atoms with Gasteiger partial charge in [-0.15, -0.1) is 11.3 Å². The van der Waals surface area contributed by atoms with Crippen molar-refractivity contribution in [1.82, 2.24) is 4.90 Å². The van der Waals surface area contributed by atoms with E-state index in [-0.39, 0.29) is 17.7 Å². The highest BCUT2D eigenvalue weighted by Crippen LogP contribution is 2.30. The van der Waals surface area contributed by atoms with Crippen molar-refractivity contribution in [3.8, 4) is 0 Å². The maximum Gasteiger partial charge on any atom is 0.228 e. The quantitative estimate of drug-likeness (QED) is 0.768. The number of benzene rings is 1. The molecule has 0 saturated carbocycles. The molecule has 6 heteroatoms. The van der Waals surface area contributed by atoms with Crippen LogP contribution in [0.25, 0.3) is 0 Å². The fraction of sp³-hybridized carbons (Fsp3) is 0.333. The topological polar surface area (TPSA) is 40.6 Å². The van der Waals surface area contributed by atoms with Gasteiger partial charge in [-0.1, -0.05) is 15.9 Å². The monoisotopic (exact) mass is 404 g/mol. The highest BCUT2D eigenvalue weighted by Gasteiger charge is 2.37. The van der Waals surface area contributed by atoms with Crippen LogP contribution in [0.2, 0.25) is 0 Å². The lowest BCUT2D eigenvalue weighted by Gasteiger charge is -2.29. The van der Waals surface area contributed by atoms with Gasteiger partial charge in [0.1, 0.15) is 0 Å². The fourth-order valence-electron chi connectivity index (χ4n) is 3.44. The van der Waals surface area contributed by atoms with Gasteiger partial charge in [-0.05, 0) is 47.7 Å². The number of carbonyl (C=O) groups excluding carboxylic acids is 2. The van der Waals surface area contributed by atoms with E-state index in [4.69, 9.17) is 0 Å². The normalized spacial score (nSPS) is 20.4. The second-order valence-electron chi connectivity index (χ2n) is 6.26. The first-order valence-corrected chi connectivity index (χ1v) is 9.69. The van der Waals surface area contributed by atoms with Crippen molar-refractivity contribution < 1.29 is 9.59 Å². The summed E-state index contributed by atoms with van der Waals surface area (Å²) in [4.78, 5) is 30.2. The zero-order valence-corrected chi connectivity index (χ0v) is 15.5. The Labute approximate surface area is 153 Å². The van der Waals surface area contributed by atoms with Crippen LogP contribution in [-0.4, -0.2) is 29.8 Å². The SMILES string of the molecule is O=C(C1CC(=O)N(c2ccc(Br)cc2)C1)N1CCc2sccc2C1. The van der Waals surface area contributed by atoms with E-state index >= 15 is 0 Å². The number of rotatable bonds is 2. The summed E-state index contributed by atoms with van der Waals surface area (Å²) in [5.41, 5.74) is 2.12. The maximum absolute atomic E-state index is 12.9. The van der Waals surface area contributed by atoms with Crippen LogP contribution in [0.3, 0.4) is 0 Å². The van der Waals surface area contributed by atoms with Gasteiger partial charge in [0, 0.05) is 41.1 Å². The molecule has 1 aromatic heterocycles. The Bertz CT molecular complexity index is 787. The van der Waals surface area contributed by atoms with Crippen LogP contribution in [0.4, 0.5) is 5.69 Å². The molecule has 0 N–H and O–H groups in total. The smallest absolute Gasteiger partial charge is 0.228 e. The molecule has 2 aromatic rings. The second kappa shape index (κ2) is 6.33. The molecule has 0 spiro atoms. The predicted molar refractivity (Wildman–Crippen MR) is 98.0 cm³/mol. The second-order valence-corrected chi connectivity index (χ2v) is 8.18. The number of nitrogens with zero attached hydrogens (tertiary/aromatic N) is 2. The first kappa shape index (κ1) is 15.8. The molecule has 2 amide bonds. The van der Waals surface area contributed by atoms with E-state index < -0.39 is 0 Å². The van der Waals surface area contributed by atoms with Gasteiger partial charge in [-0.2, -0.15) is 0 Å². The van der Waals surface area contributed by atoms with Crippen molar-refractivity contribution in [1.29, 1.82) is 0 Å². The number of halogens is 1. The summed E-state index contributed by atoms with van der Waals surface area (Å²) in [5, 5.41) is 2.09. The number of fused-ring (bicyclic) bond motifs is 1. The van der Waals surface area contributed by atoms with Crippen LogP contribution in [0, 0.1) is 5.92 Å². The van der Waals surface area contributed by atoms with E-state index in [0.717, 1.165) is 23.1 Å². The number of anilines is 1. The lowest BCUT2D eigenvalue weighted by Crippen LogP contribution is -2.40. The van der Waals surface area contributed by atoms with Gasteiger partial charge in [0.15, 0.2) is 0 Å². The molecule has 1 aromatic carbocycles. The Morgan fingerprint density at radius 1 is 1.21 bits per heavy atom. The van der Waals surface area contributed by atoms with Gasteiger partial charge < -0.3 is 9.80 Å². The van der Waals surface area contributed by atoms with Crippen molar-refractivity contribution in [2.45, 2.75) is 19.4 Å². The van der Waals surface area contributed by atoms with Crippen molar-refractivity contribution in [3.63, 3.8) is 0 Å². The number of amides is 2. The average Bonchev–Trinajstić information content (AvgIpc) is 3.20. The van der Waals surface area contributed by atoms with E-state index in [1.54, 1.807) is 16.2 Å². The van der Waals surface area contributed by atoms with Crippen molar-refractivity contribution >= 4 is 44.8 Å². The fourth-order valence-corrected chi connectivity index (χ4v) is 4.59. The van der Waals surface area contributed by atoms with E-state index in [1.807, 2.05) is 29.2 Å². The van der Waals surface area contributed by atoms with Crippen LogP contribution in [0.15, 0.2) is 40.2 Å². The molecule has 1 unspecified atom stereocenters. The highest BCUT2D eigenvalue weighted by molar-refractivity contribution is 9.10. The molecule has 0 radical (unpaired) electrons. The summed E-state index contributed by atoms with van der Waals surface area (Å²) in [5.74, 6) is -0.0925. The minimum absolute atomic E-state index is 0.0314. The van der Waals surface area contributed by atoms with Gasteiger partial charge in [-0.3, -0.25) is 9.59 Å². The van der Waals surface area contributed by atoms with Crippen LogP contribution >= 0.6 is 27.3 Å². The molecule has 24 heavy (non-hydrogen) atoms. The third-order valence-corrected chi connectivity index (χ3v) is 6.28. The Balaban J connectivity index is 1.47. The van der Waals surface area contributed by atoms with Gasteiger partial charge in [-0.25, -0.2) is 0 Å².